The van der Waals surface area contributed by atoms with Gasteiger partial charge >= 0.3 is 0 Å². The number of thioether (sulfide) groups is 1. The molecule has 0 saturated heterocycles. The lowest BCUT2D eigenvalue weighted by Gasteiger charge is -2.16. The summed E-state index contributed by atoms with van der Waals surface area (Å²) in [4.78, 5) is 4.46. The molecule has 1 unspecified atom stereocenters. The summed E-state index contributed by atoms with van der Waals surface area (Å²) < 4.78 is 0. The Bertz CT molecular complexity index is 252. The van der Waals surface area contributed by atoms with Crippen LogP contribution in [0.4, 0.5) is 0 Å². The van der Waals surface area contributed by atoms with E-state index in [1.807, 2.05) is 13.8 Å². The van der Waals surface area contributed by atoms with Crippen LogP contribution < -0.4 is 5.32 Å². The van der Waals surface area contributed by atoms with E-state index in [9.17, 15) is 0 Å². The summed E-state index contributed by atoms with van der Waals surface area (Å²) in [6.07, 6.45) is 0.827. The molecule has 0 fully saturated rings. The van der Waals surface area contributed by atoms with Gasteiger partial charge in [0.15, 0.2) is 11.0 Å². The van der Waals surface area contributed by atoms with E-state index in [-0.39, 0.29) is 5.54 Å². The van der Waals surface area contributed by atoms with Crippen molar-refractivity contribution in [3.8, 4) is 0 Å². The molecule has 0 bridgehead atoms. The Morgan fingerprint density at radius 2 is 2.31 bits per heavy atom. The lowest BCUT2D eigenvalue weighted by Crippen LogP contribution is -2.36. The average molecular weight is 201 g/mol. The lowest BCUT2D eigenvalue weighted by molar-refractivity contribution is 0.312. The Balaban J connectivity index is 2.82. The highest BCUT2D eigenvalue weighted by molar-refractivity contribution is 8.13. The van der Waals surface area contributed by atoms with E-state index >= 15 is 0 Å². The van der Waals surface area contributed by atoms with Gasteiger partial charge in [-0.05, 0) is 19.1 Å². The molecule has 74 valence electrons. The summed E-state index contributed by atoms with van der Waals surface area (Å²) in [6.45, 7) is 6.04. The number of amidine groups is 2. The van der Waals surface area contributed by atoms with Crippen LogP contribution in [0.15, 0.2) is 10.1 Å². The highest BCUT2D eigenvalue weighted by atomic mass is 32.2. The van der Waals surface area contributed by atoms with Gasteiger partial charge in [-0.3, -0.25) is 0 Å². The number of oxime groups is 1. The molecule has 0 spiro atoms. The van der Waals surface area contributed by atoms with Gasteiger partial charge in [0, 0.05) is 0 Å². The monoisotopic (exact) mass is 201 g/mol. The van der Waals surface area contributed by atoms with Crippen molar-refractivity contribution in [2.75, 3.05) is 5.75 Å². The van der Waals surface area contributed by atoms with Gasteiger partial charge in [0.25, 0.3) is 0 Å². The third kappa shape index (κ3) is 1.96. The second kappa shape index (κ2) is 4.00. The Hall–Kier alpha value is -0.710. The number of nitrogens with one attached hydrogen (secondary N) is 1. The van der Waals surface area contributed by atoms with Gasteiger partial charge in [-0.25, -0.2) is 4.99 Å². The maximum absolute atomic E-state index is 8.76. The molecule has 0 aromatic carbocycles. The number of hydrogen-bond acceptors (Lipinski definition) is 4. The highest BCUT2D eigenvalue weighted by Crippen LogP contribution is 2.23. The summed E-state index contributed by atoms with van der Waals surface area (Å²) in [5.74, 6) is 1.51. The molecular weight excluding hydrogens is 186 g/mol. The fraction of sp³-hybridized carbons (Fsp3) is 0.750. The lowest BCUT2D eigenvalue weighted by atomic mass is 10.00. The van der Waals surface area contributed by atoms with Gasteiger partial charge in [-0.1, -0.05) is 30.8 Å². The van der Waals surface area contributed by atoms with Crippen molar-refractivity contribution >= 4 is 22.8 Å². The van der Waals surface area contributed by atoms with Crippen LogP contribution in [0.5, 0.6) is 0 Å². The maximum atomic E-state index is 8.76. The number of hydrogen-bond donors (Lipinski definition) is 2. The summed E-state index contributed by atoms with van der Waals surface area (Å²) in [6, 6.07) is 0. The van der Waals surface area contributed by atoms with Crippen molar-refractivity contribution < 1.29 is 5.21 Å². The second-order valence-corrected chi connectivity index (χ2v) is 4.30. The van der Waals surface area contributed by atoms with Crippen molar-refractivity contribution in [1.29, 1.82) is 0 Å². The average Bonchev–Trinajstić information content (AvgIpc) is 2.44. The van der Waals surface area contributed by atoms with E-state index in [4.69, 9.17) is 5.21 Å². The van der Waals surface area contributed by atoms with E-state index < -0.39 is 0 Å². The van der Waals surface area contributed by atoms with E-state index in [1.165, 1.54) is 0 Å². The third-order valence-corrected chi connectivity index (χ3v) is 2.91. The van der Waals surface area contributed by atoms with Crippen molar-refractivity contribution in [1.82, 2.24) is 5.32 Å². The largest absolute Gasteiger partial charge is 0.409 e. The first-order valence-electron chi connectivity index (χ1n) is 4.38. The minimum Gasteiger partial charge on any atom is -0.409 e. The van der Waals surface area contributed by atoms with Crippen LogP contribution in [0.1, 0.15) is 27.2 Å². The SMILES string of the molecule is CCSC1=NC(C)(CC)/C(=N/O)N1. The second-order valence-electron chi connectivity index (χ2n) is 3.05. The molecule has 1 rings (SSSR count). The molecule has 13 heavy (non-hydrogen) atoms. The Morgan fingerprint density at radius 3 is 2.69 bits per heavy atom. The molecule has 0 aliphatic carbocycles. The fourth-order valence-electron chi connectivity index (χ4n) is 1.13. The minimum absolute atomic E-state index is 0.369. The molecule has 1 aliphatic rings. The van der Waals surface area contributed by atoms with E-state index in [1.54, 1.807) is 11.8 Å². The van der Waals surface area contributed by atoms with Gasteiger partial charge in [0.1, 0.15) is 5.54 Å². The first-order chi connectivity index (χ1) is 6.16. The smallest absolute Gasteiger partial charge is 0.175 e. The molecular formula is C8H15N3OS. The molecule has 0 amide bonds. The summed E-state index contributed by atoms with van der Waals surface area (Å²) in [5, 5.41) is 15.8. The van der Waals surface area contributed by atoms with Crippen molar-refractivity contribution in [3.05, 3.63) is 0 Å². The normalized spacial score (nSPS) is 30.4. The van der Waals surface area contributed by atoms with Crippen LogP contribution in [0.3, 0.4) is 0 Å². The highest BCUT2D eigenvalue weighted by Gasteiger charge is 2.35. The fourth-order valence-corrected chi connectivity index (χ4v) is 1.83. The van der Waals surface area contributed by atoms with Crippen LogP contribution >= 0.6 is 11.8 Å². The Kier molecular flexibility index (Phi) is 3.19. The van der Waals surface area contributed by atoms with Crippen LogP contribution in [0.25, 0.3) is 0 Å². The first kappa shape index (κ1) is 10.4. The number of rotatable bonds is 2. The van der Waals surface area contributed by atoms with Crippen LogP contribution in [0, 0.1) is 0 Å². The molecule has 4 nitrogen and oxygen atoms in total. The van der Waals surface area contributed by atoms with Crippen LogP contribution in [0.2, 0.25) is 0 Å². The number of aliphatic imine (C=N–C) groups is 1. The molecule has 0 radical (unpaired) electrons. The van der Waals surface area contributed by atoms with Crippen molar-refractivity contribution in [3.63, 3.8) is 0 Å². The van der Waals surface area contributed by atoms with Gasteiger partial charge < -0.3 is 10.5 Å². The summed E-state index contributed by atoms with van der Waals surface area (Å²) >= 11 is 1.62. The third-order valence-electron chi connectivity index (χ3n) is 2.15. The maximum Gasteiger partial charge on any atom is 0.175 e. The minimum atomic E-state index is -0.369. The molecule has 1 heterocycles. The zero-order valence-corrected chi connectivity index (χ0v) is 8.98. The number of nitrogens with zero attached hydrogens (tertiary/aromatic N) is 2. The predicted octanol–water partition coefficient (Wildman–Crippen LogP) is 1.66. The van der Waals surface area contributed by atoms with E-state index in [0.29, 0.717) is 5.84 Å². The quantitative estimate of drug-likeness (QED) is 0.527. The first-order valence-corrected chi connectivity index (χ1v) is 5.37. The Labute approximate surface area is 82.5 Å². The molecule has 2 N–H and O–H groups in total. The molecule has 1 aliphatic heterocycles. The zero-order valence-electron chi connectivity index (χ0n) is 8.16. The summed E-state index contributed by atoms with van der Waals surface area (Å²) in [7, 11) is 0. The molecule has 0 aromatic rings. The molecule has 0 aromatic heterocycles. The topological polar surface area (TPSA) is 57.0 Å². The van der Waals surface area contributed by atoms with Crippen LogP contribution in [-0.2, 0) is 0 Å². The Morgan fingerprint density at radius 1 is 1.62 bits per heavy atom. The van der Waals surface area contributed by atoms with Gasteiger partial charge in [-0.15, -0.1) is 0 Å². The van der Waals surface area contributed by atoms with Gasteiger partial charge in [-0.2, -0.15) is 0 Å². The standard InChI is InChI=1S/C8H15N3OS/c1-4-8(3)6(11-12)9-7(10-8)13-5-2/h12H,4-5H2,1-3H3,(H,9,10,11). The molecule has 1 atom stereocenters. The van der Waals surface area contributed by atoms with E-state index in [2.05, 4.69) is 22.4 Å². The van der Waals surface area contributed by atoms with Crippen molar-refractivity contribution in [2.45, 2.75) is 32.7 Å². The molecule has 0 saturated carbocycles. The van der Waals surface area contributed by atoms with Crippen molar-refractivity contribution in [2.24, 2.45) is 10.1 Å². The van der Waals surface area contributed by atoms with Gasteiger partial charge in [0.05, 0.1) is 0 Å². The molecule has 5 heteroatoms. The van der Waals surface area contributed by atoms with Gasteiger partial charge in [0.2, 0.25) is 0 Å². The van der Waals surface area contributed by atoms with E-state index in [0.717, 1.165) is 17.3 Å². The van der Waals surface area contributed by atoms with Crippen LogP contribution in [-0.4, -0.2) is 27.5 Å². The predicted molar refractivity (Wildman–Crippen MR) is 56.6 cm³/mol. The summed E-state index contributed by atoms with van der Waals surface area (Å²) in [5.41, 5.74) is -0.369. The zero-order chi connectivity index (χ0) is 9.90.